The highest BCUT2D eigenvalue weighted by Gasteiger charge is 2.28. The van der Waals surface area contributed by atoms with Crippen LogP contribution in [-0.2, 0) is 16.8 Å². The summed E-state index contributed by atoms with van der Waals surface area (Å²) in [6, 6.07) is 0. The van der Waals surface area contributed by atoms with Gasteiger partial charge in [0.15, 0.2) is 0 Å². The second kappa shape index (κ2) is 4.84. The van der Waals surface area contributed by atoms with E-state index in [4.69, 9.17) is 0 Å². The van der Waals surface area contributed by atoms with E-state index in [1.807, 2.05) is 11.0 Å². The summed E-state index contributed by atoms with van der Waals surface area (Å²) in [6.45, 7) is 11.7. The number of rotatable bonds is 3. The highest BCUT2D eigenvalue weighted by Crippen LogP contribution is 2.26. The number of likely N-dealkylation sites (tertiary alicyclic amines) is 1. The molecule has 0 aromatic carbocycles. The zero-order valence-electron chi connectivity index (χ0n) is 11.3. The number of aromatic nitrogens is 1. The zero-order valence-corrected chi connectivity index (χ0v) is 12.1. The van der Waals surface area contributed by atoms with Crippen LogP contribution >= 0.6 is 11.3 Å². The lowest BCUT2D eigenvalue weighted by Gasteiger charge is -2.16. The van der Waals surface area contributed by atoms with Crippen molar-refractivity contribution >= 4 is 17.2 Å². The molecule has 1 aromatic rings. The van der Waals surface area contributed by atoms with Crippen molar-refractivity contribution in [1.82, 2.24) is 9.88 Å². The molecule has 1 amide bonds. The Hall–Kier alpha value is -1.16. The van der Waals surface area contributed by atoms with E-state index in [9.17, 15) is 4.79 Å². The summed E-state index contributed by atoms with van der Waals surface area (Å²) in [7, 11) is 0. The van der Waals surface area contributed by atoms with Crippen LogP contribution in [0, 0.1) is 5.92 Å². The number of carbonyl (C=O) groups excluding carboxylic acids is 1. The van der Waals surface area contributed by atoms with Crippen LogP contribution in [0.15, 0.2) is 18.0 Å². The van der Waals surface area contributed by atoms with Crippen LogP contribution in [0.4, 0.5) is 0 Å². The molecule has 0 aliphatic carbocycles. The molecular formula is C14H20N2OS. The molecule has 1 aromatic heterocycles. The maximum atomic E-state index is 11.8. The Balaban J connectivity index is 2.04. The first kappa shape index (κ1) is 13.3. The molecule has 98 valence electrons. The molecule has 18 heavy (non-hydrogen) atoms. The first-order valence-electron chi connectivity index (χ1n) is 6.25. The van der Waals surface area contributed by atoms with Gasteiger partial charge in [-0.15, -0.1) is 17.9 Å². The van der Waals surface area contributed by atoms with Gasteiger partial charge < -0.3 is 4.90 Å². The average Bonchev–Trinajstić information content (AvgIpc) is 2.86. The van der Waals surface area contributed by atoms with E-state index in [0.717, 1.165) is 17.2 Å². The molecular weight excluding hydrogens is 244 g/mol. The number of thiazole rings is 1. The maximum absolute atomic E-state index is 11.8. The van der Waals surface area contributed by atoms with Gasteiger partial charge in [-0.3, -0.25) is 4.79 Å². The smallest absolute Gasteiger partial charge is 0.223 e. The van der Waals surface area contributed by atoms with Gasteiger partial charge in [0.1, 0.15) is 5.01 Å². The van der Waals surface area contributed by atoms with E-state index >= 15 is 0 Å². The van der Waals surface area contributed by atoms with Gasteiger partial charge in [-0.05, 0) is 0 Å². The lowest BCUT2D eigenvalue weighted by atomic mass is 9.93. The van der Waals surface area contributed by atoms with Crippen molar-refractivity contribution in [3.8, 4) is 0 Å². The van der Waals surface area contributed by atoms with Gasteiger partial charge >= 0.3 is 0 Å². The minimum Gasteiger partial charge on any atom is -0.335 e. The van der Waals surface area contributed by atoms with Gasteiger partial charge in [0.05, 0.1) is 12.2 Å². The topological polar surface area (TPSA) is 33.2 Å². The SMILES string of the molecule is C=CC1CC(=O)N(Cc2nc(C(C)(C)C)cs2)C1. The molecule has 0 radical (unpaired) electrons. The third-order valence-corrected chi connectivity index (χ3v) is 4.06. The Labute approximate surface area is 113 Å². The summed E-state index contributed by atoms with van der Waals surface area (Å²) in [6.07, 6.45) is 2.47. The second-order valence-corrected chi connectivity index (χ2v) is 6.79. The third kappa shape index (κ3) is 2.80. The monoisotopic (exact) mass is 264 g/mol. The van der Waals surface area contributed by atoms with Gasteiger partial charge in [-0.2, -0.15) is 0 Å². The normalized spacial score (nSPS) is 20.5. The number of hydrogen-bond acceptors (Lipinski definition) is 3. The van der Waals surface area contributed by atoms with Crippen LogP contribution in [0.3, 0.4) is 0 Å². The molecule has 0 spiro atoms. The number of amides is 1. The fourth-order valence-electron chi connectivity index (χ4n) is 2.00. The van der Waals surface area contributed by atoms with E-state index in [1.165, 1.54) is 0 Å². The largest absolute Gasteiger partial charge is 0.335 e. The van der Waals surface area contributed by atoms with Crippen molar-refractivity contribution in [3.05, 3.63) is 28.7 Å². The van der Waals surface area contributed by atoms with E-state index in [-0.39, 0.29) is 11.3 Å². The molecule has 1 aliphatic heterocycles. The minimum absolute atomic E-state index is 0.0768. The Morgan fingerprint density at radius 3 is 2.83 bits per heavy atom. The highest BCUT2D eigenvalue weighted by molar-refractivity contribution is 7.09. The average molecular weight is 264 g/mol. The van der Waals surface area contributed by atoms with Crippen molar-refractivity contribution < 1.29 is 4.79 Å². The summed E-state index contributed by atoms with van der Waals surface area (Å²) in [5, 5.41) is 3.12. The molecule has 1 saturated heterocycles. The molecule has 2 heterocycles. The highest BCUT2D eigenvalue weighted by atomic mass is 32.1. The summed E-state index contributed by atoms with van der Waals surface area (Å²) in [5.74, 6) is 0.520. The lowest BCUT2D eigenvalue weighted by molar-refractivity contribution is -0.128. The van der Waals surface area contributed by atoms with Gasteiger partial charge in [0.2, 0.25) is 5.91 Å². The predicted octanol–water partition coefficient (Wildman–Crippen LogP) is 2.98. The van der Waals surface area contributed by atoms with E-state index < -0.39 is 0 Å². The Kier molecular flexibility index (Phi) is 3.57. The number of hydrogen-bond donors (Lipinski definition) is 0. The summed E-state index contributed by atoms with van der Waals surface area (Å²) in [5.41, 5.74) is 1.18. The van der Waals surface area contributed by atoms with Crippen molar-refractivity contribution in [2.75, 3.05) is 6.54 Å². The Morgan fingerprint density at radius 1 is 1.61 bits per heavy atom. The third-order valence-electron chi connectivity index (χ3n) is 3.22. The van der Waals surface area contributed by atoms with Crippen molar-refractivity contribution in [2.24, 2.45) is 5.92 Å². The van der Waals surface area contributed by atoms with Crippen LogP contribution in [0.25, 0.3) is 0 Å². The van der Waals surface area contributed by atoms with Crippen LogP contribution in [0.5, 0.6) is 0 Å². The standard InChI is InChI=1S/C14H20N2OS/c1-5-10-6-13(17)16(7-10)8-12-15-11(9-18-12)14(2,3)4/h5,9-10H,1,6-8H2,2-4H3. The van der Waals surface area contributed by atoms with Crippen molar-refractivity contribution in [3.63, 3.8) is 0 Å². The van der Waals surface area contributed by atoms with Gasteiger partial charge in [0, 0.05) is 29.7 Å². The molecule has 1 atom stereocenters. The van der Waals surface area contributed by atoms with Crippen molar-refractivity contribution in [2.45, 2.75) is 39.2 Å². The Bertz CT molecular complexity index is 459. The van der Waals surface area contributed by atoms with E-state index in [1.54, 1.807) is 11.3 Å². The van der Waals surface area contributed by atoms with Crippen LogP contribution in [0.1, 0.15) is 37.9 Å². The number of carbonyl (C=O) groups is 1. The minimum atomic E-state index is 0.0768. The molecule has 0 bridgehead atoms. The summed E-state index contributed by atoms with van der Waals surface area (Å²) < 4.78 is 0. The first-order chi connectivity index (χ1) is 8.40. The molecule has 1 fully saturated rings. The molecule has 3 nitrogen and oxygen atoms in total. The van der Waals surface area contributed by atoms with Gasteiger partial charge in [-0.25, -0.2) is 4.98 Å². The van der Waals surface area contributed by atoms with E-state index in [0.29, 0.717) is 18.9 Å². The van der Waals surface area contributed by atoms with Crippen molar-refractivity contribution in [1.29, 1.82) is 0 Å². The first-order valence-corrected chi connectivity index (χ1v) is 7.13. The molecule has 1 aliphatic rings. The lowest BCUT2D eigenvalue weighted by Crippen LogP contribution is -2.24. The summed E-state index contributed by atoms with van der Waals surface area (Å²) >= 11 is 1.64. The predicted molar refractivity (Wildman–Crippen MR) is 74.5 cm³/mol. The Morgan fingerprint density at radius 2 is 2.33 bits per heavy atom. The fraction of sp³-hybridized carbons (Fsp3) is 0.571. The molecule has 1 unspecified atom stereocenters. The summed E-state index contributed by atoms with van der Waals surface area (Å²) in [4.78, 5) is 18.3. The van der Waals surface area contributed by atoms with Gasteiger partial charge in [0.25, 0.3) is 0 Å². The maximum Gasteiger partial charge on any atom is 0.223 e. The molecule has 2 rings (SSSR count). The number of nitrogens with zero attached hydrogens (tertiary/aromatic N) is 2. The van der Waals surface area contributed by atoms with Crippen LogP contribution < -0.4 is 0 Å². The van der Waals surface area contributed by atoms with Crippen LogP contribution in [-0.4, -0.2) is 22.3 Å². The zero-order chi connectivity index (χ0) is 13.3. The van der Waals surface area contributed by atoms with E-state index in [2.05, 4.69) is 37.7 Å². The molecule has 0 N–H and O–H groups in total. The second-order valence-electron chi connectivity index (χ2n) is 5.85. The fourth-order valence-corrected chi connectivity index (χ4v) is 3.04. The molecule has 0 saturated carbocycles. The molecule has 4 heteroatoms. The van der Waals surface area contributed by atoms with Gasteiger partial charge in [-0.1, -0.05) is 26.8 Å². The van der Waals surface area contributed by atoms with Crippen LogP contribution in [0.2, 0.25) is 0 Å². The quantitative estimate of drug-likeness (QED) is 0.786.